The van der Waals surface area contributed by atoms with E-state index in [9.17, 15) is 14.7 Å². The number of allylic oxidation sites excluding steroid dienone is 18. The molecule has 0 fully saturated rings. The SMILES string of the molecule is CC/C=C\C/C=C\C/C=C\C/C=C\C/C=C\CCCCCCCCCCCCCCCCCCCCCC(=O)OC(CO)COC(=O)CCCCCC/C=C\C/C=C\C/C=C\C/C=C\CC. The molecule has 5 nitrogen and oxygen atoms in total. The van der Waals surface area contributed by atoms with Crippen molar-refractivity contribution in [3.8, 4) is 0 Å². The Morgan fingerprint density at radius 1 is 0.348 bits per heavy atom. The molecule has 0 aliphatic heterocycles. The zero-order chi connectivity index (χ0) is 47.7. The molecule has 5 heteroatoms. The van der Waals surface area contributed by atoms with E-state index in [2.05, 4.69) is 123 Å². The molecule has 0 aliphatic carbocycles. The number of hydrogen-bond donors (Lipinski definition) is 1. The maximum Gasteiger partial charge on any atom is 0.306 e. The Bertz CT molecular complexity index is 1310. The molecule has 1 atom stereocenters. The molecule has 0 amide bonds. The smallest absolute Gasteiger partial charge is 0.306 e. The van der Waals surface area contributed by atoms with Gasteiger partial charge in [0.2, 0.25) is 0 Å². The van der Waals surface area contributed by atoms with Gasteiger partial charge in [-0.25, -0.2) is 0 Å². The van der Waals surface area contributed by atoms with Crippen LogP contribution >= 0.6 is 0 Å². The monoisotopic (exact) mass is 915 g/mol. The van der Waals surface area contributed by atoms with Gasteiger partial charge in [0.15, 0.2) is 6.10 Å². The van der Waals surface area contributed by atoms with E-state index in [1.54, 1.807) is 0 Å². The molecule has 0 aromatic heterocycles. The second kappa shape index (κ2) is 55.9. The van der Waals surface area contributed by atoms with E-state index < -0.39 is 6.10 Å². The Morgan fingerprint density at radius 2 is 0.606 bits per heavy atom. The van der Waals surface area contributed by atoms with Crippen LogP contribution in [0.25, 0.3) is 0 Å². The van der Waals surface area contributed by atoms with Crippen LogP contribution in [0.2, 0.25) is 0 Å². The Hall–Kier alpha value is -3.44. The number of hydrogen-bond acceptors (Lipinski definition) is 5. The Labute approximate surface area is 408 Å². The van der Waals surface area contributed by atoms with Gasteiger partial charge >= 0.3 is 11.9 Å². The van der Waals surface area contributed by atoms with Crippen LogP contribution in [0.3, 0.4) is 0 Å². The summed E-state index contributed by atoms with van der Waals surface area (Å²) in [5, 5.41) is 9.63. The summed E-state index contributed by atoms with van der Waals surface area (Å²) in [5.74, 6) is -0.617. The molecule has 0 spiro atoms. The number of ether oxygens (including phenoxy) is 2. The molecule has 0 saturated heterocycles. The Morgan fingerprint density at radius 3 is 0.909 bits per heavy atom. The molecule has 0 heterocycles. The lowest BCUT2D eigenvalue weighted by Crippen LogP contribution is -2.28. The molecular formula is C61H102O5. The topological polar surface area (TPSA) is 72.8 Å². The Balaban J connectivity index is 3.49. The Kier molecular flexibility index (Phi) is 53.0. The highest BCUT2D eigenvalue weighted by Gasteiger charge is 2.16. The maximum atomic E-state index is 12.3. The fraction of sp³-hybridized carbons (Fsp3) is 0.672. The highest BCUT2D eigenvalue weighted by Crippen LogP contribution is 2.16. The lowest BCUT2D eigenvalue weighted by atomic mass is 10.0. The van der Waals surface area contributed by atoms with Gasteiger partial charge in [0, 0.05) is 12.8 Å². The number of aliphatic hydroxyl groups excluding tert-OH is 1. The average molecular weight is 915 g/mol. The van der Waals surface area contributed by atoms with Gasteiger partial charge in [-0.15, -0.1) is 0 Å². The lowest BCUT2D eigenvalue weighted by Gasteiger charge is -2.15. The number of carbonyl (C=O) groups excluding carboxylic acids is 2. The van der Waals surface area contributed by atoms with Crippen LogP contribution < -0.4 is 0 Å². The molecule has 0 aliphatic rings. The molecule has 0 radical (unpaired) electrons. The standard InChI is InChI=1S/C61H102O5/c1-3-5-7-9-11-13-15-17-19-21-22-23-24-25-26-27-28-29-30-31-32-33-34-35-36-37-38-40-42-44-46-48-50-52-54-56-61(64)66-59(57-62)58-65-60(63)55-53-51-49-47-45-43-41-39-20-18-16-14-12-10-8-6-4-2/h5-8,11-14,17-20,22-23,25-26,41,43,59,62H,3-4,9-10,15-16,21,24,27-40,42,44-58H2,1-2H3/b7-5-,8-6-,13-11-,14-12-,19-17-,20-18-,23-22-,26-25-,43-41-. The molecule has 376 valence electrons. The van der Waals surface area contributed by atoms with E-state index in [-0.39, 0.29) is 25.2 Å². The van der Waals surface area contributed by atoms with E-state index in [0.717, 1.165) is 109 Å². The lowest BCUT2D eigenvalue weighted by molar-refractivity contribution is -0.161. The van der Waals surface area contributed by atoms with Gasteiger partial charge in [0.1, 0.15) is 6.61 Å². The van der Waals surface area contributed by atoms with Gasteiger partial charge in [-0.3, -0.25) is 9.59 Å². The van der Waals surface area contributed by atoms with Gasteiger partial charge in [-0.2, -0.15) is 0 Å². The van der Waals surface area contributed by atoms with Crippen LogP contribution in [0.4, 0.5) is 0 Å². The number of rotatable bonds is 49. The van der Waals surface area contributed by atoms with Crippen LogP contribution in [0.5, 0.6) is 0 Å². The van der Waals surface area contributed by atoms with Gasteiger partial charge in [0.05, 0.1) is 6.61 Å². The minimum Gasteiger partial charge on any atom is -0.462 e. The maximum absolute atomic E-state index is 12.3. The minimum absolute atomic E-state index is 0.0818. The van der Waals surface area contributed by atoms with Crippen LogP contribution in [0.15, 0.2) is 109 Å². The van der Waals surface area contributed by atoms with Crippen molar-refractivity contribution in [2.24, 2.45) is 0 Å². The normalized spacial score (nSPS) is 13.1. The molecule has 0 saturated carbocycles. The zero-order valence-electron chi connectivity index (χ0n) is 42.9. The summed E-state index contributed by atoms with van der Waals surface area (Å²) < 4.78 is 10.7. The van der Waals surface area contributed by atoms with Gasteiger partial charge in [0.25, 0.3) is 0 Å². The third-order valence-electron chi connectivity index (χ3n) is 11.6. The second-order valence-corrected chi connectivity index (χ2v) is 17.9. The highest BCUT2D eigenvalue weighted by molar-refractivity contribution is 5.70. The number of aliphatic hydroxyl groups is 1. The molecule has 1 unspecified atom stereocenters. The first-order chi connectivity index (χ1) is 32.6. The fourth-order valence-corrected chi connectivity index (χ4v) is 7.51. The number of unbranched alkanes of at least 4 members (excludes halogenated alkanes) is 23. The number of esters is 2. The van der Waals surface area contributed by atoms with E-state index in [1.165, 1.54) is 109 Å². The van der Waals surface area contributed by atoms with Gasteiger partial charge < -0.3 is 14.6 Å². The predicted molar refractivity (Wildman–Crippen MR) is 288 cm³/mol. The van der Waals surface area contributed by atoms with Crippen LogP contribution in [0, 0.1) is 0 Å². The van der Waals surface area contributed by atoms with Crippen molar-refractivity contribution in [2.45, 2.75) is 251 Å². The first-order valence-electron chi connectivity index (χ1n) is 27.4. The fourth-order valence-electron chi connectivity index (χ4n) is 7.51. The van der Waals surface area contributed by atoms with E-state index in [0.29, 0.717) is 12.8 Å². The molecule has 0 aromatic carbocycles. The summed E-state index contributed by atoms with van der Waals surface area (Å²) in [6.07, 6.45) is 80.6. The van der Waals surface area contributed by atoms with Crippen molar-refractivity contribution in [1.29, 1.82) is 0 Å². The van der Waals surface area contributed by atoms with Crippen LogP contribution in [0.1, 0.15) is 245 Å². The van der Waals surface area contributed by atoms with Crippen molar-refractivity contribution in [2.75, 3.05) is 13.2 Å². The van der Waals surface area contributed by atoms with E-state index >= 15 is 0 Å². The summed E-state index contributed by atoms with van der Waals surface area (Å²) in [5.41, 5.74) is 0. The molecule has 1 N–H and O–H groups in total. The van der Waals surface area contributed by atoms with Gasteiger partial charge in [-0.05, 0) is 96.3 Å². The van der Waals surface area contributed by atoms with Crippen molar-refractivity contribution >= 4 is 11.9 Å². The third-order valence-corrected chi connectivity index (χ3v) is 11.6. The summed E-state index contributed by atoms with van der Waals surface area (Å²) in [6.45, 7) is 3.90. The van der Waals surface area contributed by atoms with Gasteiger partial charge in [-0.1, -0.05) is 245 Å². The first kappa shape index (κ1) is 62.6. The highest BCUT2D eigenvalue weighted by atomic mass is 16.6. The van der Waals surface area contributed by atoms with Crippen molar-refractivity contribution in [3.05, 3.63) is 109 Å². The molecule has 0 bridgehead atoms. The van der Waals surface area contributed by atoms with E-state index in [1.807, 2.05) is 0 Å². The predicted octanol–water partition coefficient (Wildman–Crippen LogP) is 18.5. The zero-order valence-corrected chi connectivity index (χ0v) is 42.9. The molecule has 0 rings (SSSR count). The summed E-state index contributed by atoms with van der Waals surface area (Å²) in [4.78, 5) is 24.5. The third kappa shape index (κ3) is 53.2. The largest absolute Gasteiger partial charge is 0.462 e. The summed E-state index contributed by atoms with van der Waals surface area (Å²) in [6, 6.07) is 0. The summed E-state index contributed by atoms with van der Waals surface area (Å²) >= 11 is 0. The average Bonchev–Trinajstić information content (AvgIpc) is 3.32. The van der Waals surface area contributed by atoms with Crippen LogP contribution in [-0.4, -0.2) is 36.4 Å². The van der Waals surface area contributed by atoms with E-state index in [4.69, 9.17) is 9.47 Å². The van der Waals surface area contributed by atoms with Crippen molar-refractivity contribution in [1.82, 2.24) is 0 Å². The first-order valence-corrected chi connectivity index (χ1v) is 27.4. The minimum atomic E-state index is -0.787. The van der Waals surface area contributed by atoms with Crippen molar-refractivity contribution < 1.29 is 24.2 Å². The van der Waals surface area contributed by atoms with Crippen LogP contribution in [-0.2, 0) is 19.1 Å². The van der Waals surface area contributed by atoms with Crippen molar-refractivity contribution in [3.63, 3.8) is 0 Å². The molecular weight excluding hydrogens is 813 g/mol. The second-order valence-electron chi connectivity index (χ2n) is 17.9. The summed E-state index contributed by atoms with van der Waals surface area (Å²) in [7, 11) is 0. The molecule has 0 aromatic rings. The number of carbonyl (C=O) groups is 2. The molecule has 66 heavy (non-hydrogen) atoms. The quantitative estimate of drug-likeness (QED) is 0.0374.